The minimum absolute atomic E-state index is 0.0290. The van der Waals surface area contributed by atoms with E-state index in [0.717, 1.165) is 19.4 Å². The van der Waals surface area contributed by atoms with Crippen LogP contribution in [0.3, 0.4) is 0 Å². The molecule has 0 aromatic heterocycles. The van der Waals surface area contributed by atoms with Crippen LogP contribution in [-0.4, -0.2) is 41.9 Å². The monoisotopic (exact) mass is 295 g/mol. The lowest BCUT2D eigenvalue weighted by Gasteiger charge is -2.35. The van der Waals surface area contributed by atoms with Crippen molar-refractivity contribution in [2.45, 2.75) is 66.5 Å². The maximum Gasteiger partial charge on any atom is 0.228 e. The van der Waals surface area contributed by atoms with Gasteiger partial charge in [-0.1, -0.05) is 41.5 Å². The SMILES string of the molecule is CC(C)(C)C(=O)C1C2CCCOC2CN1C(=O)C(C)(C)C. The zero-order chi connectivity index (χ0) is 16.0. The summed E-state index contributed by atoms with van der Waals surface area (Å²) in [5, 5.41) is 0. The van der Waals surface area contributed by atoms with E-state index in [1.807, 2.05) is 41.5 Å². The first-order valence-electron chi connectivity index (χ1n) is 8.00. The third-order valence-electron chi connectivity index (χ3n) is 4.52. The number of amides is 1. The highest BCUT2D eigenvalue weighted by atomic mass is 16.5. The van der Waals surface area contributed by atoms with Gasteiger partial charge in [-0.15, -0.1) is 0 Å². The summed E-state index contributed by atoms with van der Waals surface area (Å²) in [5.74, 6) is 0.387. The van der Waals surface area contributed by atoms with Crippen LogP contribution >= 0.6 is 0 Å². The molecule has 2 rings (SSSR count). The minimum Gasteiger partial charge on any atom is -0.376 e. The zero-order valence-corrected chi connectivity index (χ0v) is 14.2. The molecule has 0 saturated carbocycles. The molecule has 0 radical (unpaired) electrons. The molecule has 2 saturated heterocycles. The molecule has 0 aromatic carbocycles. The van der Waals surface area contributed by atoms with E-state index < -0.39 is 10.8 Å². The lowest BCUT2D eigenvalue weighted by Crippen LogP contribution is -2.50. The fraction of sp³-hybridized carbons (Fsp3) is 0.882. The third kappa shape index (κ3) is 3.15. The largest absolute Gasteiger partial charge is 0.376 e. The second-order valence-electron chi connectivity index (χ2n) is 8.48. The number of rotatable bonds is 1. The van der Waals surface area contributed by atoms with E-state index in [4.69, 9.17) is 4.74 Å². The van der Waals surface area contributed by atoms with Crippen molar-refractivity contribution in [3.05, 3.63) is 0 Å². The summed E-state index contributed by atoms with van der Waals surface area (Å²) < 4.78 is 5.84. The summed E-state index contributed by atoms with van der Waals surface area (Å²) in [6.07, 6.45) is 1.99. The number of ether oxygens (including phenoxy) is 1. The number of hydrogen-bond donors (Lipinski definition) is 0. The lowest BCUT2D eigenvalue weighted by atomic mass is 9.79. The number of carbonyl (C=O) groups excluding carboxylic acids is 2. The van der Waals surface area contributed by atoms with Gasteiger partial charge in [0.2, 0.25) is 5.91 Å². The normalized spacial score (nSPS) is 30.2. The van der Waals surface area contributed by atoms with Gasteiger partial charge in [0.05, 0.1) is 12.1 Å². The minimum atomic E-state index is -0.468. The summed E-state index contributed by atoms with van der Waals surface area (Å²) in [6.45, 7) is 12.9. The van der Waals surface area contributed by atoms with Gasteiger partial charge in [-0.2, -0.15) is 0 Å². The Labute approximate surface area is 128 Å². The van der Waals surface area contributed by atoms with Gasteiger partial charge in [0.25, 0.3) is 0 Å². The van der Waals surface area contributed by atoms with Gasteiger partial charge in [-0.25, -0.2) is 0 Å². The molecule has 0 aliphatic carbocycles. The molecule has 0 N–H and O–H groups in total. The molecule has 0 spiro atoms. The van der Waals surface area contributed by atoms with Crippen LogP contribution in [0.25, 0.3) is 0 Å². The van der Waals surface area contributed by atoms with Crippen molar-refractivity contribution in [3.63, 3.8) is 0 Å². The average Bonchev–Trinajstić information content (AvgIpc) is 2.73. The maximum atomic E-state index is 12.9. The van der Waals surface area contributed by atoms with Crippen LogP contribution in [0.1, 0.15) is 54.4 Å². The van der Waals surface area contributed by atoms with Crippen molar-refractivity contribution in [3.8, 4) is 0 Å². The van der Waals surface area contributed by atoms with Crippen molar-refractivity contribution in [1.82, 2.24) is 4.90 Å². The van der Waals surface area contributed by atoms with Crippen molar-refractivity contribution < 1.29 is 14.3 Å². The number of Topliss-reactive ketones (excluding diaryl/α,β-unsaturated/α-hetero) is 1. The number of hydrogen-bond acceptors (Lipinski definition) is 3. The van der Waals surface area contributed by atoms with E-state index in [1.165, 1.54) is 0 Å². The molecule has 0 bridgehead atoms. The van der Waals surface area contributed by atoms with E-state index in [9.17, 15) is 9.59 Å². The molecule has 4 nitrogen and oxygen atoms in total. The molecule has 3 unspecified atom stereocenters. The first kappa shape index (κ1) is 16.5. The Balaban J connectivity index is 2.33. The van der Waals surface area contributed by atoms with E-state index >= 15 is 0 Å². The Morgan fingerprint density at radius 1 is 1.05 bits per heavy atom. The molecule has 21 heavy (non-hydrogen) atoms. The number of likely N-dealkylation sites (tertiary alicyclic amines) is 1. The third-order valence-corrected chi connectivity index (χ3v) is 4.52. The predicted molar refractivity (Wildman–Crippen MR) is 81.9 cm³/mol. The fourth-order valence-electron chi connectivity index (χ4n) is 3.37. The molecule has 2 aliphatic heterocycles. The second kappa shape index (κ2) is 5.38. The highest BCUT2D eigenvalue weighted by Gasteiger charge is 2.52. The molecular formula is C17H29NO3. The zero-order valence-electron chi connectivity index (χ0n) is 14.2. The van der Waals surface area contributed by atoms with Crippen LogP contribution in [0.15, 0.2) is 0 Å². The van der Waals surface area contributed by atoms with Crippen LogP contribution in [-0.2, 0) is 14.3 Å². The predicted octanol–water partition coefficient (Wildman–Crippen LogP) is 2.65. The molecule has 2 aliphatic rings. The van der Waals surface area contributed by atoms with E-state index in [1.54, 1.807) is 4.90 Å². The van der Waals surface area contributed by atoms with Crippen molar-refractivity contribution >= 4 is 11.7 Å². The summed E-state index contributed by atoms with van der Waals surface area (Å²) in [4.78, 5) is 27.5. The molecule has 1 amide bonds. The molecule has 4 heteroatoms. The van der Waals surface area contributed by atoms with Crippen molar-refractivity contribution in [1.29, 1.82) is 0 Å². The second-order valence-corrected chi connectivity index (χ2v) is 8.48. The van der Waals surface area contributed by atoms with Crippen LogP contribution in [0.4, 0.5) is 0 Å². The molecule has 2 fully saturated rings. The van der Waals surface area contributed by atoms with Gasteiger partial charge in [-0.05, 0) is 12.8 Å². The smallest absolute Gasteiger partial charge is 0.228 e. The summed E-state index contributed by atoms with van der Waals surface area (Å²) in [6, 6.07) is -0.318. The first-order valence-corrected chi connectivity index (χ1v) is 8.00. The van der Waals surface area contributed by atoms with Gasteiger partial charge in [0.1, 0.15) is 0 Å². The molecule has 0 aromatic rings. The van der Waals surface area contributed by atoms with Crippen LogP contribution < -0.4 is 0 Å². The molecule has 120 valence electrons. The van der Waals surface area contributed by atoms with Gasteiger partial charge in [0, 0.05) is 29.9 Å². The highest BCUT2D eigenvalue weighted by molar-refractivity contribution is 5.94. The number of fused-ring (bicyclic) bond motifs is 1. The quantitative estimate of drug-likeness (QED) is 0.747. The van der Waals surface area contributed by atoms with Crippen molar-refractivity contribution in [2.24, 2.45) is 16.7 Å². The lowest BCUT2D eigenvalue weighted by molar-refractivity contribution is -0.147. The Bertz CT molecular complexity index is 430. The number of carbonyl (C=O) groups is 2. The van der Waals surface area contributed by atoms with Gasteiger partial charge in [0.15, 0.2) is 5.78 Å². The number of ketones is 1. The molecule has 2 heterocycles. The van der Waals surface area contributed by atoms with Gasteiger partial charge >= 0.3 is 0 Å². The number of nitrogens with zero attached hydrogens (tertiary/aromatic N) is 1. The Kier molecular flexibility index (Phi) is 4.22. The first-order chi connectivity index (χ1) is 9.53. The molecular weight excluding hydrogens is 266 g/mol. The Morgan fingerprint density at radius 2 is 1.67 bits per heavy atom. The maximum absolute atomic E-state index is 12.9. The van der Waals surface area contributed by atoms with Crippen LogP contribution in [0.2, 0.25) is 0 Å². The topological polar surface area (TPSA) is 46.6 Å². The highest BCUT2D eigenvalue weighted by Crippen LogP contribution is 2.39. The fourth-order valence-corrected chi connectivity index (χ4v) is 3.37. The van der Waals surface area contributed by atoms with Gasteiger partial charge < -0.3 is 9.64 Å². The Hall–Kier alpha value is -0.900. The van der Waals surface area contributed by atoms with E-state index in [-0.39, 0.29) is 29.8 Å². The standard InChI is InChI=1S/C17H29NO3/c1-16(2,3)14(19)13-11-8-7-9-21-12(11)10-18(13)15(20)17(4,5)6/h11-13H,7-10H2,1-6H3. The summed E-state index contributed by atoms with van der Waals surface area (Å²) >= 11 is 0. The average molecular weight is 295 g/mol. The molecule has 3 atom stereocenters. The summed E-state index contributed by atoms with van der Waals surface area (Å²) in [5.41, 5.74) is -0.905. The van der Waals surface area contributed by atoms with Crippen LogP contribution in [0.5, 0.6) is 0 Å². The van der Waals surface area contributed by atoms with E-state index in [2.05, 4.69) is 0 Å². The summed E-state index contributed by atoms with van der Waals surface area (Å²) in [7, 11) is 0. The Morgan fingerprint density at radius 3 is 2.19 bits per heavy atom. The van der Waals surface area contributed by atoms with Crippen molar-refractivity contribution in [2.75, 3.05) is 13.2 Å². The van der Waals surface area contributed by atoms with Gasteiger partial charge in [-0.3, -0.25) is 9.59 Å². The van der Waals surface area contributed by atoms with E-state index in [0.29, 0.717) is 6.54 Å². The van der Waals surface area contributed by atoms with Crippen LogP contribution in [0, 0.1) is 16.7 Å².